The fourth-order valence-electron chi connectivity index (χ4n) is 3.70. The van der Waals surface area contributed by atoms with Crippen LogP contribution in [0.25, 0.3) is 6.08 Å². The van der Waals surface area contributed by atoms with E-state index in [4.69, 9.17) is 0 Å². The molecule has 14 heteroatoms. The molecule has 2 aliphatic heterocycles. The van der Waals surface area contributed by atoms with Gasteiger partial charge < -0.3 is 10.4 Å². The van der Waals surface area contributed by atoms with Gasteiger partial charge in [-0.1, -0.05) is 12.1 Å². The number of benzene rings is 1. The van der Waals surface area contributed by atoms with Gasteiger partial charge in [-0.3, -0.25) is 34.7 Å². The number of nitrogens with one attached hydrogen (secondary N) is 1. The molecule has 1 unspecified atom stereocenters. The topological polar surface area (TPSA) is 173 Å². The average molecular weight is 517 g/mol. The smallest absolute Gasteiger partial charge is 0.352 e. The summed E-state index contributed by atoms with van der Waals surface area (Å²) in [7, 11) is 0. The molecule has 12 nitrogen and oxygen atoms in total. The number of hydrogen-bond acceptors (Lipinski definition) is 9. The highest BCUT2D eigenvalue weighted by Gasteiger charge is 2.53. The number of fused-ring (bicyclic) bond motifs is 1. The predicted molar refractivity (Wildman–Crippen MR) is 126 cm³/mol. The number of carboxylic acid groups (broad SMARTS) is 1. The quantitative estimate of drug-likeness (QED) is 0.304. The molecule has 0 saturated carbocycles. The largest absolute Gasteiger partial charge is 0.477 e. The van der Waals surface area contributed by atoms with Crippen LogP contribution < -0.4 is 5.32 Å². The molecule has 1 fully saturated rings. The highest BCUT2D eigenvalue weighted by atomic mass is 32.2. The zero-order valence-electron chi connectivity index (χ0n) is 17.7. The summed E-state index contributed by atoms with van der Waals surface area (Å²) in [6, 6.07) is 5.87. The van der Waals surface area contributed by atoms with Gasteiger partial charge in [-0.2, -0.15) is 0 Å². The first kappa shape index (κ1) is 24.1. The number of amides is 2. The van der Waals surface area contributed by atoms with Gasteiger partial charge in [-0.25, -0.2) is 4.79 Å². The zero-order valence-corrected chi connectivity index (χ0v) is 19.3. The van der Waals surface area contributed by atoms with Gasteiger partial charge >= 0.3 is 5.97 Å². The van der Waals surface area contributed by atoms with E-state index in [-0.39, 0.29) is 34.9 Å². The van der Waals surface area contributed by atoms with Crippen LogP contribution in [-0.2, 0) is 20.8 Å². The lowest BCUT2D eigenvalue weighted by molar-refractivity contribution is -0.394. The van der Waals surface area contributed by atoms with Gasteiger partial charge in [0.15, 0.2) is 0 Å². The molecule has 180 valence electrons. The SMILES string of the molecule is O=C(Cc1cccs1)NC1C(=O)N2C(C(=O)O)=C(C=Cc3ccc([N+](=O)[O-])cc3[N+](=O)[O-])CS[C@H]12. The van der Waals surface area contributed by atoms with Gasteiger partial charge in [0.25, 0.3) is 17.3 Å². The monoisotopic (exact) mass is 516 g/mol. The van der Waals surface area contributed by atoms with E-state index in [1.807, 2.05) is 11.4 Å². The Morgan fingerprint density at radius 3 is 2.60 bits per heavy atom. The summed E-state index contributed by atoms with van der Waals surface area (Å²) in [5.74, 6) is -2.09. The van der Waals surface area contributed by atoms with Crippen molar-refractivity contribution in [3.63, 3.8) is 0 Å². The van der Waals surface area contributed by atoms with Gasteiger partial charge in [0.2, 0.25) is 5.91 Å². The fraction of sp³-hybridized carbons (Fsp3) is 0.190. The van der Waals surface area contributed by atoms with Gasteiger partial charge in [-0.05, 0) is 29.2 Å². The Hall–Kier alpha value is -4.04. The Morgan fingerprint density at radius 2 is 1.97 bits per heavy atom. The average Bonchev–Trinajstić information content (AvgIpc) is 3.33. The number of β-lactam (4-membered cyclic amide) rings is 1. The van der Waals surface area contributed by atoms with Crippen molar-refractivity contribution >= 4 is 58.3 Å². The second-order valence-electron chi connectivity index (χ2n) is 7.48. The standard InChI is InChI=1S/C21H16N4O8S2/c26-16(9-14-2-1-7-34-14)22-17-19(27)23-18(21(28)29)12(10-35-20(17)23)4-3-11-5-6-13(24(30)31)8-15(11)25(32)33/h1-8,17,20H,9-10H2,(H,22,26)(H,28,29)/t17?,20-/m1/s1. The molecule has 0 radical (unpaired) electrons. The molecule has 2 N–H and O–H groups in total. The molecule has 2 aliphatic rings. The van der Waals surface area contributed by atoms with E-state index < -0.39 is 44.5 Å². The van der Waals surface area contributed by atoms with Gasteiger partial charge in [0, 0.05) is 16.7 Å². The van der Waals surface area contributed by atoms with E-state index in [1.54, 1.807) is 6.07 Å². The van der Waals surface area contributed by atoms with Crippen molar-refractivity contribution < 1.29 is 29.3 Å². The molecule has 4 rings (SSSR count). The van der Waals surface area contributed by atoms with Crippen LogP contribution in [0.15, 0.2) is 53.1 Å². The van der Waals surface area contributed by atoms with Crippen molar-refractivity contribution in [2.75, 3.05) is 5.75 Å². The number of non-ortho nitro benzene ring substituents is 1. The maximum atomic E-state index is 12.7. The molecule has 1 aromatic heterocycles. The van der Waals surface area contributed by atoms with E-state index in [0.29, 0.717) is 0 Å². The molecule has 2 atom stereocenters. The second-order valence-corrected chi connectivity index (χ2v) is 9.62. The Kier molecular flexibility index (Phi) is 6.66. The first-order valence-corrected chi connectivity index (χ1v) is 11.9. The number of nitro groups is 2. The molecule has 35 heavy (non-hydrogen) atoms. The van der Waals surface area contributed by atoms with Crippen molar-refractivity contribution in [2.24, 2.45) is 0 Å². The molecular formula is C21H16N4O8S2. The summed E-state index contributed by atoms with van der Waals surface area (Å²) >= 11 is 2.66. The van der Waals surface area contributed by atoms with E-state index in [1.165, 1.54) is 41.3 Å². The summed E-state index contributed by atoms with van der Waals surface area (Å²) in [6.45, 7) is 0. The van der Waals surface area contributed by atoms with E-state index in [2.05, 4.69) is 5.32 Å². The highest BCUT2D eigenvalue weighted by Crippen LogP contribution is 2.41. The number of hydrogen-bond donors (Lipinski definition) is 2. The number of rotatable bonds is 8. The van der Waals surface area contributed by atoms with Crippen molar-refractivity contribution in [2.45, 2.75) is 17.8 Å². The van der Waals surface area contributed by atoms with Crippen LogP contribution in [0.1, 0.15) is 10.4 Å². The lowest BCUT2D eigenvalue weighted by atomic mass is 10.0. The number of nitrogens with zero attached hydrogens (tertiary/aromatic N) is 3. The Morgan fingerprint density at radius 1 is 1.20 bits per heavy atom. The number of carboxylic acids is 1. The van der Waals surface area contributed by atoms with E-state index in [9.17, 15) is 39.7 Å². The number of thioether (sulfide) groups is 1. The summed E-state index contributed by atoms with van der Waals surface area (Å²) in [4.78, 5) is 59.7. The maximum absolute atomic E-state index is 12.7. The molecule has 3 heterocycles. The van der Waals surface area contributed by atoms with Crippen LogP contribution in [0.4, 0.5) is 11.4 Å². The summed E-state index contributed by atoms with van der Waals surface area (Å²) in [5, 5.41) is 35.9. The van der Waals surface area contributed by atoms with Crippen LogP contribution in [0.3, 0.4) is 0 Å². The van der Waals surface area contributed by atoms with Gasteiger partial charge in [0.1, 0.15) is 17.1 Å². The van der Waals surface area contributed by atoms with E-state index >= 15 is 0 Å². The molecule has 0 bridgehead atoms. The number of thiophene rings is 1. The predicted octanol–water partition coefficient (Wildman–Crippen LogP) is 2.56. The zero-order chi connectivity index (χ0) is 25.3. The Balaban J connectivity index is 1.55. The number of allylic oxidation sites excluding steroid dienone is 1. The lowest BCUT2D eigenvalue weighted by Crippen LogP contribution is -2.70. The van der Waals surface area contributed by atoms with Crippen molar-refractivity contribution in [1.29, 1.82) is 0 Å². The minimum absolute atomic E-state index is 0.0404. The van der Waals surface area contributed by atoms with E-state index in [0.717, 1.165) is 21.9 Å². The molecule has 0 aliphatic carbocycles. The van der Waals surface area contributed by atoms with Crippen LogP contribution >= 0.6 is 23.1 Å². The molecule has 0 spiro atoms. The third kappa shape index (κ3) is 4.79. The van der Waals surface area contributed by atoms with Crippen LogP contribution in [-0.4, -0.2) is 54.8 Å². The summed E-state index contributed by atoms with van der Waals surface area (Å²) in [5.41, 5.74) is -0.957. The highest BCUT2D eigenvalue weighted by molar-refractivity contribution is 8.00. The minimum atomic E-state index is -1.36. The Bertz CT molecular complexity index is 1300. The summed E-state index contributed by atoms with van der Waals surface area (Å²) in [6.07, 6.45) is 2.74. The van der Waals surface area contributed by atoms with Crippen LogP contribution in [0, 0.1) is 20.2 Å². The lowest BCUT2D eigenvalue weighted by Gasteiger charge is -2.49. The molecule has 1 saturated heterocycles. The molecule has 2 amide bonds. The number of nitro benzene ring substituents is 2. The first-order valence-electron chi connectivity index (χ1n) is 10.0. The molecule has 2 aromatic rings. The number of carbonyl (C=O) groups excluding carboxylic acids is 2. The normalized spacial score (nSPS) is 19.3. The number of aliphatic carboxylic acids is 1. The third-order valence-electron chi connectivity index (χ3n) is 5.32. The molecular weight excluding hydrogens is 500 g/mol. The van der Waals surface area contributed by atoms with Crippen molar-refractivity contribution in [1.82, 2.24) is 10.2 Å². The number of carbonyl (C=O) groups is 3. The molecule has 1 aromatic carbocycles. The van der Waals surface area contributed by atoms with Crippen LogP contribution in [0.2, 0.25) is 0 Å². The van der Waals surface area contributed by atoms with Gasteiger partial charge in [0.05, 0.1) is 27.9 Å². The second kappa shape index (κ2) is 9.68. The first-order chi connectivity index (χ1) is 16.7. The fourth-order valence-corrected chi connectivity index (χ4v) is 5.72. The third-order valence-corrected chi connectivity index (χ3v) is 7.50. The minimum Gasteiger partial charge on any atom is -0.477 e. The van der Waals surface area contributed by atoms with Crippen LogP contribution in [0.5, 0.6) is 0 Å². The van der Waals surface area contributed by atoms with Crippen molar-refractivity contribution in [3.05, 3.63) is 83.7 Å². The van der Waals surface area contributed by atoms with Gasteiger partial charge in [-0.15, -0.1) is 23.1 Å². The summed E-state index contributed by atoms with van der Waals surface area (Å²) < 4.78 is 0. The maximum Gasteiger partial charge on any atom is 0.352 e. The van der Waals surface area contributed by atoms with Crippen molar-refractivity contribution in [3.8, 4) is 0 Å². The Labute approximate surface area is 205 Å².